The summed E-state index contributed by atoms with van der Waals surface area (Å²) in [5.74, 6) is -1.15. The van der Waals surface area contributed by atoms with Crippen LogP contribution in [0, 0.1) is 0 Å². The van der Waals surface area contributed by atoms with Crippen LogP contribution in [0.15, 0.2) is 17.0 Å². The SMILES string of the molecule is CC1Cc2c(ccc(C(=O)O)c2Cl)S1(=O)=O. The number of carboxylic acid groups (broad SMARTS) is 1. The van der Waals surface area contributed by atoms with Crippen LogP contribution < -0.4 is 0 Å². The molecule has 1 aromatic rings. The molecule has 1 aliphatic rings. The van der Waals surface area contributed by atoms with Crippen molar-refractivity contribution >= 4 is 27.4 Å². The Hall–Kier alpha value is -1.07. The van der Waals surface area contributed by atoms with E-state index in [1.54, 1.807) is 6.92 Å². The van der Waals surface area contributed by atoms with Crippen LogP contribution in [0.4, 0.5) is 0 Å². The second-order valence-electron chi connectivity index (χ2n) is 3.77. The fraction of sp³-hybridized carbons (Fsp3) is 0.300. The van der Waals surface area contributed by atoms with Gasteiger partial charge >= 0.3 is 5.97 Å². The van der Waals surface area contributed by atoms with Crippen molar-refractivity contribution in [2.24, 2.45) is 0 Å². The molecule has 0 aliphatic carbocycles. The number of sulfone groups is 1. The van der Waals surface area contributed by atoms with E-state index in [1.165, 1.54) is 12.1 Å². The number of rotatable bonds is 1. The lowest BCUT2D eigenvalue weighted by Crippen LogP contribution is -2.11. The van der Waals surface area contributed by atoms with Crippen LogP contribution >= 0.6 is 11.6 Å². The van der Waals surface area contributed by atoms with E-state index in [-0.39, 0.29) is 21.9 Å². The molecule has 0 spiro atoms. The Kier molecular flexibility index (Phi) is 2.47. The van der Waals surface area contributed by atoms with E-state index >= 15 is 0 Å². The van der Waals surface area contributed by atoms with Gasteiger partial charge in [0.25, 0.3) is 0 Å². The Morgan fingerprint density at radius 2 is 2.12 bits per heavy atom. The van der Waals surface area contributed by atoms with Gasteiger partial charge in [-0.15, -0.1) is 0 Å². The van der Waals surface area contributed by atoms with Gasteiger partial charge in [-0.2, -0.15) is 0 Å². The molecule has 1 N–H and O–H groups in total. The van der Waals surface area contributed by atoms with Gasteiger partial charge in [0.05, 0.1) is 20.7 Å². The van der Waals surface area contributed by atoms with E-state index in [9.17, 15) is 13.2 Å². The first-order chi connectivity index (χ1) is 7.35. The highest BCUT2D eigenvalue weighted by Crippen LogP contribution is 2.37. The minimum absolute atomic E-state index is 0.0397. The summed E-state index contributed by atoms with van der Waals surface area (Å²) in [6.45, 7) is 1.59. The van der Waals surface area contributed by atoms with Crippen molar-refractivity contribution < 1.29 is 18.3 Å². The average Bonchev–Trinajstić information content (AvgIpc) is 2.41. The Morgan fingerprint density at radius 3 is 2.69 bits per heavy atom. The molecule has 86 valence electrons. The zero-order valence-corrected chi connectivity index (χ0v) is 9.97. The highest BCUT2D eigenvalue weighted by atomic mass is 35.5. The zero-order valence-electron chi connectivity index (χ0n) is 8.40. The van der Waals surface area contributed by atoms with Crippen LogP contribution in [-0.4, -0.2) is 24.7 Å². The minimum Gasteiger partial charge on any atom is -0.478 e. The Morgan fingerprint density at radius 1 is 1.50 bits per heavy atom. The molecule has 0 saturated heterocycles. The van der Waals surface area contributed by atoms with Crippen molar-refractivity contribution in [1.82, 2.24) is 0 Å². The summed E-state index contributed by atoms with van der Waals surface area (Å²) >= 11 is 5.90. The average molecular weight is 261 g/mol. The molecule has 0 radical (unpaired) electrons. The first-order valence-electron chi connectivity index (χ1n) is 4.64. The van der Waals surface area contributed by atoms with Gasteiger partial charge in [0.15, 0.2) is 9.84 Å². The molecule has 1 atom stereocenters. The topological polar surface area (TPSA) is 71.4 Å². The fourth-order valence-corrected chi connectivity index (χ4v) is 3.82. The normalized spacial score (nSPS) is 21.8. The molecular formula is C10H9ClO4S. The number of benzene rings is 1. The molecule has 0 fully saturated rings. The number of carbonyl (C=O) groups is 1. The van der Waals surface area contributed by atoms with E-state index in [4.69, 9.17) is 16.7 Å². The lowest BCUT2D eigenvalue weighted by Gasteiger charge is -2.04. The molecule has 0 bridgehead atoms. The van der Waals surface area contributed by atoms with Gasteiger partial charge in [-0.05, 0) is 31.0 Å². The van der Waals surface area contributed by atoms with Crippen LogP contribution in [-0.2, 0) is 16.3 Å². The number of hydrogen-bond donors (Lipinski definition) is 1. The van der Waals surface area contributed by atoms with Gasteiger partial charge in [0.1, 0.15) is 0 Å². The van der Waals surface area contributed by atoms with Gasteiger partial charge in [-0.25, -0.2) is 13.2 Å². The van der Waals surface area contributed by atoms with Crippen molar-refractivity contribution in [1.29, 1.82) is 0 Å². The molecule has 1 aliphatic heterocycles. The lowest BCUT2D eigenvalue weighted by atomic mass is 10.1. The third kappa shape index (κ3) is 1.43. The van der Waals surface area contributed by atoms with Crippen LogP contribution in [0.5, 0.6) is 0 Å². The molecule has 0 saturated carbocycles. The number of carboxylic acids is 1. The van der Waals surface area contributed by atoms with Crippen molar-refractivity contribution in [2.45, 2.75) is 23.5 Å². The van der Waals surface area contributed by atoms with Gasteiger partial charge < -0.3 is 5.11 Å². The molecule has 1 aromatic carbocycles. The molecule has 16 heavy (non-hydrogen) atoms. The third-order valence-electron chi connectivity index (χ3n) is 2.76. The van der Waals surface area contributed by atoms with Crippen LogP contribution in [0.3, 0.4) is 0 Å². The minimum atomic E-state index is -3.33. The Labute approximate surface area is 97.8 Å². The summed E-state index contributed by atoms with van der Waals surface area (Å²) in [7, 11) is -3.33. The van der Waals surface area contributed by atoms with Gasteiger partial charge in [0, 0.05) is 0 Å². The van der Waals surface area contributed by atoms with Crippen LogP contribution in [0.2, 0.25) is 5.02 Å². The van der Waals surface area contributed by atoms with Gasteiger partial charge in [0.2, 0.25) is 0 Å². The molecular weight excluding hydrogens is 252 g/mol. The van der Waals surface area contributed by atoms with E-state index in [0.717, 1.165) is 0 Å². The smallest absolute Gasteiger partial charge is 0.337 e. The highest BCUT2D eigenvalue weighted by Gasteiger charge is 2.36. The summed E-state index contributed by atoms with van der Waals surface area (Å²) in [4.78, 5) is 11.0. The summed E-state index contributed by atoms with van der Waals surface area (Å²) in [6, 6.07) is 2.56. The van der Waals surface area contributed by atoms with Gasteiger partial charge in [-0.1, -0.05) is 11.6 Å². The summed E-state index contributed by atoms with van der Waals surface area (Å²) in [6.07, 6.45) is 0.275. The van der Waals surface area contributed by atoms with Crippen molar-refractivity contribution in [2.75, 3.05) is 0 Å². The second kappa shape index (κ2) is 3.46. The largest absolute Gasteiger partial charge is 0.478 e. The zero-order chi connectivity index (χ0) is 12.1. The summed E-state index contributed by atoms with van der Waals surface area (Å²) in [5.41, 5.74) is 0.374. The van der Waals surface area contributed by atoms with Crippen molar-refractivity contribution in [3.63, 3.8) is 0 Å². The molecule has 0 amide bonds. The predicted octanol–water partition coefficient (Wildman–Crippen LogP) is 1.76. The molecule has 0 aromatic heterocycles. The molecule has 1 unspecified atom stereocenters. The standard InChI is InChI=1S/C10H9ClO4S/c1-5-4-7-8(16(5,14)15)3-2-6(9(7)11)10(12)13/h2-3,5H,4H2,1H3,(H,12,13). The van der Waals surface area contributed by atoms with Crippen LogP contribution in [0.1, 0.15) is 22.8 Å². The maximum Gasteiger partial charge on any atom is 0.337 e. The van der Waals surface area contributed by atoms with E-state index in [1.807, 2.05) is 0 Å². The number of hydrogen-bond acceptors (Lipinski definition) is 3. The first-order valence-corrected chi connectivity index (χ1v) is 6.56. The molecule has 6 heteroatoms. The van der Waals surface area contributed by atoms with E-state index < -0.39 is 21.1 Å². The lowest BCUT2D eigenvalue weighted by molar-refractivity contribution is 0.0697. The molecule has 4 nitrogen and oxygen atoms in total. The van der Waals surface area contributed by atoms with Gasteiger partial charge in [-0.3, -0.25) is 0 Å². The number of aromatic carboxylic acids is 1. The highest BCUT2D eigenvalue weighted by molar-refractivity contribution is 7.92. The summed E-state index contributed by atoms with van der Waals surface area (Å²) < 4.78 is 23.6. The van der Waals surface area contributed by atoms with Crippen LogP contribution in [0.25, 0.3) is 0 Å². The Balaban J connectivity index is 2.73. The van der Waals surface area contributed by atoms with E-state index in [2.05, 4.69) is 0 Å². The number of halogens is 1. The number of fused-ring (bicyclic) bond motifs is 1. The van der Waals surface area contributed by atoms with Crippen molar-refractivity contribution in [3.05, 3.63) is 28.3 Å². The quantitative estimate of drug-likeness (QED) is 0.835. The third-order valence-corrected chi connectivity index (χ3v) is 5.41. The fourth-order valence-electron chi connectivity index (χ4n) is 1.84. The molecule has 1 heterocycles. The Bertz CT molecular complexity index is 577. The van der Waals surface area contributed by atoms with E-state index in [0.29, 0.717) is 5.56 Å². The monoisotopic (exact) mass is 260 g/mol. The maximum absolute atomic E-state index is 11.8. The molecule has 2 rings (SSSR count). The second-order valence-corrected chi connectivity index (χ2v) is 6.48. The van der Waals surface area contributed by atoms with Crippen molar-refractivity contribution in [3.8, 4) is 0 Å². The predicted molar refractivity (Wildman–Crippen MR) is 58.8 cm³/mol. The first kappa shape index (κ1) is 11.4. The summed E-state index contributed by atoms with van der Waals surface area (Å²) in [5, 5.41) is 8.36. The maximum atomic E-state index is 11.8.